The summed E-state index contributed by atoms with van der Waals surface area (Å²) in [5, 5.41) is 7.00. The van der Waals surface area contributed by atoms with Crippen LogP contribution in [-0.2, 0) is 4.74 Å². The molecule has 25 heavy (non-hydrogen) atoms. The lowest BCUT2D eigenvalue weighted by atomic mass is 10.0. The second kappa shape index (κ2) is 11.7. The summed E-state index contributed by atoms with van der Waals surface area (Å²) < 4.78 is 6.05. The average molecular weight is 353 g/mol. The molecule has 0 unspecified atom stereocenters. The fourth-order valence-electron chi connectivity index (χ4n) is 3.86. The minimum absolute atomic E-state index is 0.466. The van der Waals surface area contributed by atoms with Gasteiger partial charge in [-0.15, -0.1) is 0 Å². The lowest BCUT2D eigenvalue weighted by molar-refractivity contribution is 0.0487. The van der Waals surface area contributed by atoms with Crippen molar-refractivity contribution < 1.29 is 4.74 Å². The summed E-state index contributed by atoms with van der Waals surface area (Å²) in [6.07, 6.45) is 10.7. The van der Waals surface area contributed by atoms with Crippen molar-refractivity contribution in [3.63, 3.8) is 0 Å². The maximum absolute atomic E-state index is 6.05. The zero-order valence-corrected chi connectivity index (χ0v) is 16.7. The van der Waals surface area contributed by atoms with Crippen molar-refractivity contribution in [2.24, 2.45) is 4.99 Å². The van der Waals surface area contributed by atoms with Crippen LogP contribution in [0.1, 0.15) is 72.1 Å². The summed E-state index contributed by atoms with van der Waals surface area (Å²) in [5.74, 6) is 0.954. The number of guanidine groups is 1. The van der Waals surface area contributed by atoms with Gasteiger partial charge in [-0.3, -0.25) is 4.99 Å². The van der Waals surface area contributed by atoms with Gasteiger partial charge in [-0.2, -0.15) is 0 Å². The molecule has 2 fully saturated rings. The molecule has 1 saturated carbocycles. The largest absolute Gasteiger partial charge is 0.376 e. The van der Waals surface area contributed by atoms with Gasteiger partial charge in [0.05, 0.1) is 19.3 Å². The van der Waals surface area contributed by atoms with Gasteiger partial charge in [0.25, 0.3) is 0 Å². The van der Waals surface area contributed by atoms with Crippen molar-refractivity contribution in [1.29, 1.82) is 0 Å². The molecule has 0 amide bonds. The van der Waals surface area contributed by atoms with Gasteiger partial charge in [0, 0.05) is 31.7 Å². The van der Waals surface area contributed by atoms with Crippen molar-refractivity contribution in [1.82, 2.24) is 15.5 Å². The lowest BCUT2D eigenvalue weighted by Gasteiger charge is -2.35. The van der Waals surface area contributed by atoms with Gasteiger partial charge in [0.2, 0.25) is 0 Å². The highest BCUT2D eigenvalue weighted by Crippen LogP contribution is 2.19. The minimum atomic E-state index is 0.466. The Bertz CT molecular complexity index is 370. The molecule has 0 radical (unpaired) electrons. The van der Waals surface area contributed by atoms with Crippen LogP contribution >= 0.6 is 0 Å². The highest BCUT2D eigenvalue weighted by Gasteiger charge is 2.21. The molecule has 0 aromatic heterocycles. The van der Waals surface area contributed by atoms with E-state index < -0.39 is 0 Å². The van der Waals surface area contributed by atoms with E-state index in [1.54, 1.807) is 0 Å². The molecular formula is C20H40N4O. The Morgan fingerprint density at radius 1 is 1.08 bits per heavy atom. The van der Waals surface area contributed by atoms with Gasteiger partial charge in [0.1, 0.15) is 0 Å². The first-order valence-corrected chi connectivity index (χ1v) is 10.6. The molecule has 146 valence electrons. The number of rotatable bonds is 7. The van der Waals surface area contributed by atoms with Crippen LogP contribution in [0.4, 0.5) is 0 Å². The first kappa shape index (κ1) is 20.5. The van der Waals surface area contributed by atoms with Crippen LogP contribution in [0, 0.1) is 0 Å². The summed E-state index contributed by atoms with van der Waals surface area (Å²) in [7, 11) is 0. The minimum Gasteiger partial charge on any atom is -0.376 e. The van der Waals surface area contributed by atoms with E-state index in [1.165, 1.54) is 64.5 Å². The van der Waals surface area contributed by atoms with E-state index in [9.17, 15) is 0 Å². The van der Waals surface area contributed by atoms with Gasteiger partial charge in [-0.1, -0.05) is 25.7 Å². The van der Waals surface area contributed by atoms with E-state index in [-0.39, 0.29) is 0 Å². The molecule has 0 atom stereocenters. The molecule has 0 spiro atoms. The smallest absolute Gasteiger partial charge is 0.191 e. The van der Waals surface area contributed by atoms with E-state index in [2.05, 4.69) is 36.3 Å². The van der Waals surface area contributed by atoms with E-state index in [4.69, 9.17) is 9.73 Å². The molecule has 1 aliphatic heterocycles. The normalized spacial score (nSPS) is 22.2. The predicted molar refractivity (Wildman–Crippen MR) is 106 cm³/mol. The molecule has 2 rings (SSSR count). The molecule has 0 aromatic carbocycles. The number of nitrogens with one attached hydrogen (secondary N) is 2. The zero-order valence-electron chi connectivity index (χ0n) is 16.7. The Morgan fingerprint density at radius 2 is 1.76 bits per heavy atom. The van der Waals surface area contributed by atoms with E-state index >= 15 is 0 Å². The van der Waals surface area contributed by atoms with Crippen LogP contribution in [0.25, 0.3) is 0 Å². The summed E-state index contributed by atoms with van der Waals surface area (Å²) in [4.78, 5) is 7.28. The van der Waals surface area contributed by atoms with Crippen LogP contribution in [0.2, 0.25) is 0 Å². The standard InChI is InChI=1S/C20H40N4O/c1-4-21-20(23-18-11-14-24(15-12-18)17(2)3)22-13-16-25-19-9-7-5-6-8-10-19/h17-19H,4-16H2,1-3H3,(H2,21,22,23). The highest BCUT2D eigenvalue weighted by atomic mass is 16.5. The van der Waals surface area contributed by atoms with Crippen LogP contribution in [-0.4, -0.2) is 61.8 Å². The third kappa shape index (κ3) is 7.95. The zero-order chi connectivity index (χ0) is 17.9. The van der Waals surface area contributed by atoms with Crippen LogP contribution < -0.4 is 10.6 Å². The second-order valence-electron chi connectivity index (χ2n) is 7.79. The molecule has 5 heteroatoms. The molecule has 5 nitrogen and oxygen atoms in total. The van der Waals surface area contributed by atoms with Gasteiger partial charge < -0.3 is 20.3 Å². The van der Waals surface area contributed by atoms with Gasteiger partial charge >= 0.3 is 0 Å². The van der Waals surface area contributed by atoms with Crippen LogP contribution in [0.5, 0.6) is 0 Å². The SMILES string of the molecule is CCNC(=NCCOC1CCCCCC1)NC1CCN(C(C)C)CC1. The van der Waals surface area contributed by atoms with Crippen molar-refractivity contribution in [3.8, 4) is 0 Å². The van der Waals surface area contributed by atoms with Gasteiger partial charge in [-0.05, 0) is 46.5 Å². The van der Waals surface area contributed by atoms with Crippen LogP contribution in [0.15, 0.2) is 4.99 Å². The predicted octanol–water partition coefficient (Wildman–Crippen LogP) is 3.15. The average Bonchev–Trinajstić information content (AvgIpc) is 2.88. The maximum Gasteiger partial charge on any atom is 0.191 e. The molecule has 1 saturated heterocycles. The molecule has 1 aliphatic carbocycles. The van der Waals surface area contributed by atoms with Crippen molar-refractivity contribution in [2.45, 2.75) is 90.3 Å². The summed E-state index contributed by atoms with van der Waals surface area (Å²) in [6.45, 7) is 11.4. The molecule has 1 heterocycles. The molecule has 2 aliphatic rings. The number of ether oxygens (including phenoxy) is 1. The third-order valence-corrected chi connectivity index (χ3v) is 5.46. The van der Waals surface area contributed by atoms with Gasteiger partial charge in [-0.25, -0.2) is 0 Å². The Kier molecular flexibility index (Phi) is 9.63. The maximum atomic E-state index is 6.05. The number of hydrogen-bond acceptors (Lipinski definition) is 3. The van der Waals surface area contributed by atoms with Crippen molar-refractivity contribution in [3.05, 3.63) is 0 Å². The first-order valence-electron chi connectivity index (χ1n) is 10.6. The topological polar surface area (TPSA) is 48.9 Å². The summed E-state index contributed by atoms with van der Waals surface area (Å²) >= 11 is 0. The molecule has 0 aromatic rings. The Morgan fingerprint density at radius 3 is 2.36 bits per heavy atom. The van der Waals surface area contributed by atoms with E-state index in [1.807, 2.05) is 0 Å². The summed E-state index contributed by atoms with van der Waals surface area (Å²) in [5.41, 5.74) is 0. The van der Waals surface area contributed by atoms with Crippen molar-refractivity contribution >= 4 is 5.96 Å². The highest BCUT2D eigenvalue weighted by molar-refractivity contribution is 5.80. The van der Waals surface area contributed by atoms with E-state index in [0.717, 1.165) is 25.7 Å². The van der Waals surface area contributed by atoms with Crippen molar-refractivity contribution in [2.75, 3.05) is 32.8 Å². The third-order valence-electron chi connectivity index (χ3n) is 5.46. The van der Waals surface area contributed by atoms with Crippen LogP contribution in [0.3, 0.4) is 0 Å². The fourth-order valence-corrected chi connectivity index (χ4v) is 3.86. The number of hydrogen-bond donors (Lipinski definition) is 2. The molecule has 2 N–H and O–H groups in total. The first-order chi connectivity index (χ1) is 12.2. The van der Waals surface area contributed by atoms with Gasteiger partial charge in [0.15, 0.2) is 5.96 Å². The Hall–Kier alpha value is -0.810. The number of piperidine rings is 1. The quantitative estimate of drug-likeness (QED) is 0.320. The summed E-state index contributed by atoms with van der Waals surface area (Å²) in [6, 6.07) is 1.19. The number of nitrogens with zero attached hydrogens (tertiary/aromatic N) is 2. The Balaban J connectivity index is 1.69. The monoisotopic (exact) mass is 352 g/mol. The lowest BCUT2D eigenvalue weighted by Crippen LogP contribution is -2.50. The fraction of sp³-hybridized carbons (Fsp3) is 0.950. The van der Waals surface area contributed by atoms with E-state index in [0.29, 0.717) is 18.2 Å². The second-order valence-corrected chi connectivity index (χ2v) is 7.79. The molecular weight excluding hydrogens is 312 g/mol. The Labute approximate surface area is 155 Å². The number of aliphatic imine (C=N–C) groups is 1. The molecule has 0 bridgehead atoms. The number of likely N-dealkylation sites (tertiary alicyclic amines) is 1.